The lowest BCUT2D eigenvalue weighted by Gasteiger charge is -2.08. The SMILES string of the molecule is CC(C)C(=O)NCCc1ccc2c(c1)CCC2. The molecular weight excluding hydrogens is 210 g/mol. The van der Waals surface area contributed by atoms with Gasteiger partial charge in [-0.25, -0.2) is 0 Å². The molecule has 2 heteroatoms. The molecule has 0 fully saturated rings. The molecule has 92 valence electrons. The average molecular weight is 231 g/mol. The van der Waals surface area contributed by atoms with Gasteiger partial charge in [-0.15, -0.1) is 0 Å². The molecule has 0 aromatic heterocycles. The molecule has 0 saturated heterocycles. The first kappa shape index (κ1) is 12.2. The summed E-state index contributed by atoms with van der Waals surface area (Å²) in [5, 5.41) is 2.96. The fraction of sp³-hybridized carbons (Fsp3) is 0.533. The predicted molar refractivity (Wildman–Crippen MR) is 70.0 cm³/mol. The largest absolute Gasteiger partial charge is 0.356 e. The Bertz CT molecular complexity index is 409. The Morgan fingerprint density at radius 2 is 2.06 bits per heavy atom. The summed E-state index contributed by atoms with van der Waals surface area (Å²) in [6.07, 6.45) is 4.69. The lowest BCUT2D eigenvalue weighted by atomic mass is 10.0. The molecule has 1 aliphatic rings. The van der Waals surface area contributed by atoms with Crippen molar-refractivity contribution in [3.8, 4) is 0 Å². The van der Waals surface area contributed by atoms with Crippen molar-refractivity contribution in [2.24, 2.45) is 5.92 Å². The Hall–Kier alpha value is -1.31. The van der Waals surface area contributed by atoms with E-state index in [0.717, 1.165) is 13.0 Å². The summed E-state index contributed by atoms with van der Waals surface area (Å²) >= 11 is 0. The number of carbonyl (C=O) groups is 1. The minimum Gasteiger partial charge on any atom is -0.356 e. The molecule has 0 unspecified atom stereocenters. The number of benzene rings is 1. The molecule has 0 spiro atoms. The first-order chi connectivity index (χ1) is 8.16. The Kier molecular flexibility index (Phi) is 3.82. The van der Waals surface area contributed by atoms with E-state index < -0.39 is 0 Å². The molecular formula is C15H21NO. The number of nitrogens with one attached hydrogen (secondary N) is 1. The molecule has 2 rings (SSSR count). The van der Waals surface area contributed by atoms with E-state index in [0.29, 0.717) is 0 Å². The van der Waals surface area contributed by atoms with Crippen LogP contribution in [0.25, 0.3) is 0 Å². The van der Waals surface area contributed by atoms with Gasteiger partial charge in [-0.2, -0.15) is 0 Å². The number of amides is 1. The third-order valence-corrected chi connectivity index (χ3v) is 3.40. The van der Waals surface area contributed by atoms with Crippen molar-refractivity contribution in [3.63, 3.8) is 0 Å². The summed E-state index contributed by atoms with van der Waals surface area (Å²) in [4.78, 5) is 11.4. The third kappa shape index (κ3) is 3.09. The minimum absolute atomic E-state index is 0.0787. The quantitative estimate of drug-likeness (QED) is 0.847. The maximum absolute atomic E-state index is 11.4. The Morgan fingerprint density at radius 1 is 1.29 bits per heavy atom. The van der Waals surface area contributed by atoms with Crippen molar-refractivity contribution >= 4 is 5.91 Å². The summed E-state index contributed by atoms with van der Waals surface area (Å²) < 4.78 is 0. The minimum atomic E-state index is 0.0787. The van der Waals surface area contributed by atoms with Crippen molar-refractivity contribution in [2.75, 3.05) is 6.54 Å². The van der Waals surface area contributed by atoms with E-state index in [1.807, 2.05) is 13.8 Å². The summed E-state index contributed by atoms with van der Waals surface area (Å²) in [5.74, 6) is 0.223. The van der Waals surface area contributed by atoms with Crippen LogP contribution < -0.4 is 5.32 Å². The van der Waals surface area contributed by atoms with E-state index in [-0.39, 0.29) is 11.8 Å². The predicted octanol–water partition coefficient (Wildman–Crippen LogP) is 2.49. The lowest BCUT2D eigenvalue weighted by molar-refractivity contribution is -0.123. The highest BCUT2D eigenvalue weighted by Crippen LogP contribution is 2.22. The van der Waals surface area contributed by atoms with Crippen LogP contribution in [0.3, 0.4) is 0 Å². The van der Waals surface area contributed by atoms with Crippen molar-refractivity contribution in [1.82, 2.24) is 5.32 Å². The van der Waals surface area contributed by atoms with E-state index in [4.69, 9.17) is 0 Å². The van der Waals surface area contributed by atoms with Crippen molar-refractivity contribution < 1.29 is 4.79 Å². The van der Waals surface area contributed by atoms with Gasteiger partial charge in [0.25, 0.3) is 0 Å². The van der Waals surface area contributed by atoms with Crippen LogP contribution in [0.4, 0.5) is 0 Å². The fourth-order valence-corrected chi connectivity index (χ4v) is 2.31. The zero-order valence-corrected chi connectivity index (χ0v) is 10.8. The average Bonchev–Trinajstić information content (AvgIpc) is 2.75. The normalized spacial score (nSPS) is 13.8. The van der Waals surface area contributed by atoms with Crippen LogP contribution in [0.5, 0.6) is 0 Å². The number of hydrogen-bond donors (Lipinski definition) is 1. The highest BCUT2D eigenvalue weighted by atomic mass is 16.1. The molecule has 1 amide bonds. The maximum atomic E-state index is 11.4. The fourth-order valence-electron chi connectivity index (χ4n) is 2.31. The molecule has 2 nitrogen and oxygen atoms in total. The van der Waals surface area contributed by atoms with Gasteiger partial charge >= 0.3 is 0 Å². The standard InChI is InChI=1S/C15H21NO/c1-11(2)15(17)16-9-8-12-6-7-13-4-3-5-14(13)10-12/h6-7,10-11H,3-5,8-9H2,1-2H3,(H,16,17). The molecule has 0 saturated carbocycles. The molecule has 1 aromatic carbocycles. The molecule has 0 radical (unpaired) electrons. The highest BCUT2D eigenvalue weighted by molar-refractivity contribution is 5.77. The summed E-state index contributed by atoms with van der Waals surface area (Å²) in [7, 11) is 0. The van der Waals surface area contributed by atoms with Gasteiger partial charge < -0.3 is 5.32 Å². The Morgan fingerprint density at radius 3 is 2.82 bits per heavy atom. The van der Waals surface area contributed by atoms with Crippen molar-refractivity contribution in [3.05, 3.63) is 34.9 Å². The first-order valence-corrected chi connectivity index (χ1v) is 6.55. The van der Waals surface area contributed by atoms with Crippen LogP contribution >= 0.6 is 0 Å². The summed E-state index contributed by atoms with van der Waals surface area (Å²) in [6, 6.07) is 6.76. The van der Waals surface area contributed by atoms with Gasteiger partial charge in [0.1, 0.15) is 0 Å². The smallest absolute Gasteiger partial charge is 0.222 e. The molecule has 17 heavy (non-hydrogen) atoms. The zero-order chi connectivity index (χ0) is 12.3. The van der Waals surface area contributed by atoms with Gasteiger partial charge in [0.15, 0.2) is 0 Å². The molecule has 0 bridgehead atoms. The van der Waals surface area contributed by atoms with Crippen molar-refractivity contribution in [1.29, 1.82) is 0 Å². The van der Waals surface area contributed by atoms with E-state index in [1.54, 1.807) is 0 Å². The van der Waals surface area contributed by atoms with Gasteiger partial charge in [0.2, 0.25) is 5.91 Å². The van der Waals surface area contributed by atoms with Crippen LogP contribution in [0.15, 0.2) is 18.2 Å². The molecule has 1 N–H and O–H groups in total. The molecule has 1 aliphatic carbocycles. The number of hydrogen-bond acceptors (Lipinski definition) is 1. The molecule has 0 atom stereocenters. The van der Waals surface area contributed by atoms with Crippen LogP contribution in [-0.4, -0.2) is 12.5 Å². The second-order valence-electron chi connectivity index (χ2n) is 5.15. The second-order valence-corrected chi connectivity index (χ2v) is 5.15. The molecule has 1 aromatic rings. The Labute approximate surface area is 103 Å². The monoisotopic (exact) mass is 231 g/mol. The van der Waals surface area contributed by atoms with E-state index in [1.165, 1.54) is 36.0 Å². The lowest BCUT2D eigenvalue weighted by Crippen LogP contribution is -2.29. The Balaban J connectivity index is 1.85. The third-order valence-electron chi connectivity index (χ3n) is 3.40. The topological polar surface area (TPSA) is 29.1 Å². The van der Waals surface area contributed by atoms with Gasteiger partial charge in [0.05, 0.1) is 0 Å². The number of fused-ring (bicyclic) bond motifs is 1. The van der Waals surface area contributed by atoms with Gasteiger partial charge in [-0.05, 0) is 42.4 Å². The van der Waals surface area contributed by atoms with Gasteiger partial charge in [-0.1, -0.05) is 32.0 Å². The summed E-state index contributed by atoms with van der Waals surface area (Å²) in [5.41, 5.74) is 4.37. The number of rotatable bonds is 4. The second kappa shape index (κ2) is 5.35. The van der Waals surface area contributed by atoms with E-state index in [9.17, 15) is 4.79 Å². The van der Waals surface area contributed by atoms with Crippen LogP contribution in [-0.2, 0) is 24.1 Å². The number of aryl methyl sites for hydroxylation is 2. The van der Waals surface area contributed by atoms with E-state index in [2.05, 4.69) is 23.5 Å². The zero-order valence-electron chi connectivity index (χ0n) is 10.8. The van der Waals surface area contributed by atoms with Crippen LogP contribution in [0, 0.1) is 5.92 Å². The first-order valence-electron chi connectivity index (χ1n) is 6.55. The van der Waals surface area contributed by atoms with Crippen molar-refractivity contribution in [2.45, 2.75) is 39.5 Å². The highest BCUT2D eigenvalue weighted by Gasteiger charge is 2.11. The maximum Gasteiger partial charge on any atom is 0.222 e. The number of carbonyl (C=O) groups excluding carboxylic acids is 1. The van der Waals surface area contributed by atoms with Crippen LogP contribution in [0.1, 0.15) is 37.0 Å². The van der Waals surface area contributed by atoms with E-state index >= 15 is 0 Å². The molecule has 0 aliphatic heterocycles. The van der Waals surface area contributed by atoms with Crippen LogP contribution in [0.2, 0.25) is 0 Å². The molecule has 0 heterocycles. The van der Waals surface area contributed by atoms with Gasteiger partial charge in [0, 0.05) is 12.5 Å². The summed E-state index contributed by atoms with van der Waals surface area (Å²) in [6.45, 7) is 4.59. The van der Waals surface area contributed by atoms with Gasteiger partial charge in [-0.3, -0.25) is 4.79 Å².